The van der Waals surface area contributed by atoms with Crippen LogP contribution in [0.1, 0.15) is 31.9 Å². The van der Waals surface area contributed by atoms with Crippen molar-refractivity contribution < 1.29 is 9.53 Å². The van der Waals surface area contributed by atoms with Gasteiger partial charge >= 0.3 is 0 Å². The Morgan fingerprint density at radius 1 is 1.36 bits per heavy atom. The van der Waals surface area contributed by atoms with Gasteiger partial charge in [0, 0.05) is 32.6 Å². The number of amides is 1. The molecule has 0 unspecified atom stereocenters. The van der Waals surface area contributed by atoms with Gasteiger partial charge in [0.25, 0.3) is 0 Å². The summed E-state index contributed by atoms with van der Waals surface area (Å²) in [7, 11) is 1.85. The minimum Gasteiger partial charge on any atom is -0.492 e. The largest absolute Gasteiger partial charge is 0.492 e. The van der Waals surface area contributed by atoms with Crippen LogP contribution < -0.4 is 4.74 Å². The van der Waals surface area contributed by atoms with Crippen LogP contribution in [-0.4, -0.2) is 35.3 Å². The number of hydrogen-bond donors (Lipinski definition) is 0. The third kappa shape index (κ3) is 4.02. The molecular formula is C19H24N2O2S2. The van der Waals surface area contributed by atoms with Gasteiger partial charge in [-0.15, -0.1) is 11.3 Å². The van der Waals surface area contributed by atoms with Gasteiger partial charge in [0.15, 0.2) is 0 Å². The fourth-order valence-electron chi connectivity index (χ4n) is 2.86. The number of benzene rings is 1. The fraction of sp³-hybridized carbons (Fsp3) is 0.421. The highest BCUT2D eigenvalue weighted by molar-refractivity contribution is 7.98. The van der Waals surface area contributed by atoms with E-state index in [1.807, 2.05) is 13.1 Å². The monoisotopic (exact) mass is 376 g/mol. The molecule has 2 heterocycles. The Bertz CT molecular complexity index is 744. The molecule has 4 nitrogen and oxygen atoms in total. The average molecular weight is 377 g/mol. The van der Waals surface area contributed by atoms with Crippen molar-refractivity contribution in [3.8, 4) is 5.75 Å². The van der Waals surface area contributed by atoms with Crippen LogP contribution in [0.15, 0.2) is 39.9 Å². The highest BCUT2D eigenvalue weighted by Crippen LogP contribution is 2.35. The zero-order valence-electron chi connectivity index (χ0n) is 15.1. The minimum atomic E-state index is -0.362. The van der Waals surface area contributed by atoms with Crippen molar-refractivity contribution >= 4 is 29.2 Å². The number of rotatable bonds is 4. The van der Waals surface area contributed by atoms with Crippen LogP contribution in [0.5, 0.6) is 5.75 Å². The summed E-state index contributed by atoms with van der Waals surface area (Å²) in [5, 5.41) is 2.10. The first-order chi connectivity index (χ1) is 11.9. The van der Waals surface area contributed by atoms with Crippen molar-refractivity contribution in [3.05, 3.63) is 46.8 Å². The van der Waals surface area contributed by atoms with Crippen molar-refractivity contribution in [3.63, 3.8) is 0 Å². The van der Waals surface area contributed by atoms with E-state index < -0.39 is 0 Å². The molecule has 0 bridgehead atoms. The molecule has 3 rings (SSSR count). The number of carbonyl (C=O) groups is 1. The highest BCUT2D eigenvalue weighted by Gasteiger charge is 2.29. The van der Waals surface area contributed by atoms with Crippen LogP contribution >= 0.6 is 23.3 Å². The summed E-state index contributed by atoms with van der Waals surface area (Å²) in [5.41, 5.74) is 1.93. The quantitative estimate of drug-likeness (QED) is 0.742. The number of fused-ring (bicyclic) bond motifs is 1. The Morgan fingerprint density at radius 3 is 2.84 bits per heavy atom. The van der Waals surface area contributed by atoms with Gasteiger partial charge in [0.2, 0.25) is 5.91 Å². The molecule has 1 aromatic heterocycles. The molecular weight excluding hydrogens is 352 g/mol. The SMILES string of the molecule is CC(=O)N(C)C(C)(C)c1ccc2c(c1)CN(Sc1cccs1)CCO2. The maximum Gasteiger partial charge on any atom is 0.219 e. The van der Waals surface area contributed by atoms with E-state index in [1.165, 1.54) is 9.77 Å². The molecule has 0 atom stereocenters. The fourth-order valence-corrected chi connectivity index (χ4v) is 4.73. The molecule has 1 aliphatic heterocycles. The number of thiophene rings is 1. The third-order valence-electron chi connectivity index (χ3n) is 4.74. The van der Waals surface area contributed by atoms with Crippen molar-refractivity contribution in [1.82, 2.24) is 9.21 Å². The topological polar surface area (TPSA) is 32.8 Å². The molecule has 2 aromatic rings. The Hall–Kier alpha value is -1.50. The molecule has 0 saturated heterocycles. The summed E-state index contributed by atoms with van der Waals surface area (Å²) in [4.78, 5) is 13.6. The third-order valence-corrected chi connectivity index (χ3v) is 6.80. The summed E-state index contributed by atoms with van der Waals surface area (Å²) < 4.78 is 9.57. The molecule has 134 valence electrons. The lowest BCUT2D eigenvalue weighted by Gasteiger charge is -2.36. The van der Waals surface area contributed by atoms with Gasteiger partial charge in [-0.05, 0) is 54.9 Å². The van der Waals surface area contributed by atoms with Crippen LogP contribution in [0.25, 0.3) is 0 Å². The van der Waals surface area contributed by atoms with E-state index in [-0.39, 0.29) is 11.4 Å². The van der Waals surface area contributed by atoms with E-state index in [9.17, 15) is 4.79 Å². The van der Waals surface area contributed by atoms with Crippen molar-refractivity contribution in [1.29, 1.82) is 0 Å². The molecule has 1 aromatic carbocycles. The number of hydrogen-bond acceptors (Lipinski definition) is 5. The van der Waals surface area contributed by atoms with Gasteiger partial charge < -0.3 is 9.64 Å². The molecule has 0 spiro atoms. The van der Waals surface area contributed by atoms with Gasteiger partial charge in [-0.3, -0.25) is 4.79 Å². The summed E-state index contributed by atoms with van der Waals surface area (Å²) in [5.74, 6) is 1.00. The molecule has 0 radical (unpaired) electrons. The lowest BCUT2D eigenvalue weighted by Crippen LogP contribution is -2.41. The van der Waals surface area contributed by atoms with Crippen molar-refractivity contribution in [2.24, 2.45) is 0 Å². The maximum absolute atomic E-state index is 11.8. The van der Waals surface area contributed by atoms with Crippen LogP contribution in [0.2, 0.25) is 0 Å². The Kier molecular flexibility index (Phi) is 5.41. The van der Waals surface area contributed by atoms with E-state index in [2.05, 4.69) is 47.8 Å². The average Bonchev–Trinajstić information content (AvgIpc) is 2.99. The molecule has 1 amide bonds. The summed E-state index contributed by atoms with van der Waals surface area (Å²) in [6.07, 6.45) is 0. The van der Waals surface area contributed by atoms with Crippen LogP contribution in [-0.2, 0) is 16.9 Å². The summed E-state index contributed by atoms with van der Waals surface area (Å²) >= 11 is 3.54. The number of ether oxygens (including phenoxy) is 1. The zero-order valence-corrected chi connectivity index (χ0v) is 16.7. The lowest BCUT2D eigenvalue weighted by atomic mass is 9.91. The first-order valence-electron chi connectivity index (χ1n) is 8.35. The second kappa shape index (κ2) is 7.40. The number of carbonyl (C=O) groups excluding carboxylic acids is 1. The maximum atomic E-state index is 11.8. The van der Waals surface area contributed by atoms with Crippen LogP contribution in [0.3, 0.4) is 0 Å². The molecule has 6 heteroatoms. The molecule has 0 N–H and O–H groups in total. The summed E-state index contributed by atoms with van der Waals surface area (Å²) in [6, 6.07) is 10.5. The van der Waals surface area contributed by atoms with E-state index >= 15 is 0 Å². The second-order valence-electron chi connectivity index (χ2n) is 6.69. The van der Waals surface area contributed by atoms with Crippen molar-refractivity contribution in [2.45, 2.75) is 37.1 Å². The van der Waals surface area contributed by atoms with Crippen molar-refractivity contribution in [2.75, 3.05) is 20.2 Å². The van der Waals surface area contributed by atoms with Gasteiger partial charge in [0.05, 0.1) is 9.75 Å². The standard InChI is InChI=1S/C19H24N2O2S2/c1-14(22)20(4)19(2,3)16-7-8-17-15(12-16)13-21(9-10-23-17)25-18-6-5-11-24-18/h5-8,11-12H,9-10,13H2,1-4H3. The first kappa shape index (κ1) is 18.3. The number of nitrogens with zero attached hydrogens (tertiary/aromatic N) is 2. The Labute approximate surface area is 157 Å². The minimum absolute atomic E-state index is 0.0612. The zero-order chi connectivity index (χ0) is 18.0. The molecule has 25 heavy (non-hydrogen) atoms. The molecule has 1 aliphatic rings. The van der Waals surface area contributed by atoms with E-state index in [0.717, 1.165) is 24.4 Å². The van der Waals surface area contributed by atoms with Gasteiger partial charge in [-0.1, -0.05) is 12.1 Å². The van der Waals surface area contributed by atoms with Crippen LogP contribution in [0, 0.1) is 0 Å². The first-order valence-corrected chi connectivity index (χ1v) is 10.0. The predicted octanol–water partition coefficient (Wildman–Crippen LogP) is 4.36. The van der Waals surface area contributed by atoms with E-state index in [4.69, 9.17) is 4.74 Å². The molecule has 0 saturated carbocycles. The smallest absolute Gasteiger partial charge is 0.219 e. The van der Waals surface area contributed by atoms with E-state index in [1.54, 1.807) is 35.1 Å². The normalized spacial score (nSPS) is 15.2. The summed E-state index contributed by atoms with van der Waals surface area (Å²) in [6.45, 7) is 8.14. The lowest BCUT2D eigenvalue weighted by molar-refractivity contribution is -0.132. The highest BCUT2D eigenvalue weighted by atomic mass is 32.2. The van der Waals surface area contributed by atoms with Gasteiger partial charge in [-0.25, -0.2) is 4.31 Å². The second-order valence-corrected chi connectivity index (χ2v) is 9.04. The molecule has 0 fully saturated rings. The Balaban J connectivity index is 1.85. The Morgan fingerprint density at radius 2 is 2.16 bits per heavy atom. The predicted molar refractivity (Wildman–Crippen MR) is 104 cm³/mol. The molecule has 0 aliphatic carbocycles. The van der Waals surface area contributed by atoms with Gasteiger partial charge in [-0.2, -0.15) is 0 Å². The van der Waals surface area contributed by atoms with Crippen LogP contribution in [0.4, 0.5) is 0 Å². The van der Waals surface area contributed by atoms with Gasteiger partial charge in [0.1, 0.15) is 12.4 Å². The van der Waals surface area contributed by atoms with E-state index in [0.29, 0.717) is 6.61 Å².